The topological polar surface area (TPSA) is 76.2 Å². The zero-order valence-corrected chi connectivity index (χ0v) is 12.6. The Balaban J connectivity index is 2.66. The number of amides is 1. The Morgan fingerprint density at radius 2 is 1.90 bits per heavy atom. The van der Waals surface area contributed by atoms with E-state index in [0.29, 0.717) is 12.1 Å². The lowest BCUT2D eigenvalue weighted by atomic mass is 9.84. The minimum atomic E-state index is -0.670. The van der Waals surface area contributed by atoms with Crippen molar-refractivity contribution in [2.75, 3.05) is 0 Å². The van der Waals surface area contributed by atoms with Gasteiger partial charge >= 0.3 is 0 Å². The van der Waals surface area contributed by atoms with Crippen molar-refractivity contribution in [2.24, 2.45) is 11.1 Å². The van der Waals surface area contributed by atoms with Crippen molar-refractivity contribution in [3.63, 3.8) is 0 Å². The number of aliphatic hydroxyl groups is 1. The van der Waals surface area contributed by atoms with E-state index in [1.807, 2.05) is 51.1 Å². The van der Waals surface area contributed by atoms with Crippen LogP contribution in [0, 0.1) is 5.41 Å². The molecule has 3 N–H and O–H groups in total. The molecule has 2 aromatic rings. The van der Waals surface area contributed by atoms with Gasteiger partial charge in [0, 0.05) is 10.8 Å². The summed E-state index contributed by atoms with van der Waals surface area (Å²) in [5.74, 6) is -0.683. The predicted octanol–water partition coefficient (Wildman–Crippen LogP) is 3.43. The van der Waals surface area contributed by atoms with Gasteiger partial charge in [-0.2, -0.15) is 0 Å². The number of hydrogen-bond acceptors (Lipinski definition) is 3. The fourth-order valence-electron chi connectivity index (χ4n) is 2.08. The van der Waals surface area contributed by atoms with E-state index in [1.165, 1.54) is 0 Å². The predicted molar refractivity (Wildman–Crippen MR) is 84.6 cm³/mol. The molecule has 2 rings (SSSR count). The maximum atomic E-state index is 11.8. The summed E-state index contributed by atoms with van der Waals surface area (Å²) in [6.07, 6.45) is 0.684. The molecule has 1 amide bonds. The molecule has 0 bridgehead atoms. The molecule has 1 aromatic heterocycles. The van der Waals surface area contributed by atoms with E-state index in [2.05, 4.69) is 4.98 Å². The highest BCUT2D eigenvalue weighted by molar-refractivity contribution is 6.19. The number of carbonyl (C=O) groups excluding carboxylic acids is 1. The van der Waals surface area contributed by atoms with Gasteiger partial charge in [0.1, 0.15) is 11.3 Å². The van der Waals surface area contributed by atoms with Gasteiger partial charge in [-0.1, -0.05) is 45.0 Å². The van der Waals surface area contributed by atoms with Crippen molar-refractivity contribution in [3.8, 4) is 0 Å². The number of pyridine rings is 1. The molecule has 0 radical (unpaired) electrons. The summed E-state index contributed by atoms with van der Waals surface area (Å²) >= 11 is 0. The molecular weight excluding hydrogens is 264 g/mol. The van der Waals surface area contributed by atoms with Crippen LogP contribution in [-0.4, -0.2) is 16.0 Å². The van der Waals surface area contributed by atoms with E-state index >= 15 is 0 Å². The number of carbonyl (C=O) groups is 1. The van der Waals surface area contributed by atoms with Crippen LogP contribution in [-0.2, 0) is 4.79 Å². The molecule has 0 atom stereocenters. The van der Waals surface area contributed by atoms with Gasteiger partial charge in [0.15, 0.2) is 0 Å². The number of nitrogens with two attached hydrogens (primary N) is 1. The number of aliphatic hydroxyl groups excluding tert-OH is 1. The minimum absolute atomic E-state index is 0.0136. The van der Waals surface area contributed by atoms with Crippen molar-refractivity contribution in [1.82, 2.24) is 4.98 Å². The Morgan fingerprint density at radius 3 is 2.52 bits per heavy atom. The average molecular weight is 284 g/mol. The van der Waals surface area contributed by atoms with Crippen LogP contribution in [0.5, 0.6) is 0 Å². The highest BCUT2D eigenvalue weighted by Gasteiger charge is 2.28. The molecule has 4 heteroatoms. The fraction of sp³-hybridized carbons (Fsp3) is 0.294. The van der Waals surface area contributed by atoms with E-state index in [1.54, 1.807) is 6.07 Å². The standard InChI is InChI=1S/C17H20N2O2/c1-4-17(2,3)15(20)14(16(18)21)13-10-9-11-7-5-6-8-12(11)19-13/h5-10,20H,4H2,1-3H3,(H2,18,21). The van der Waals surface area contributed by atoms with E-state index in [0.717, 1.165) is 10.9 Å². The summed E-state index contributed by atoms with van der Waals surface area (Å²) in [5.41, 5.74) is 6.19. The molecule has 0 saturated heterocycles. The van der Waals surface area contributed by atoms with Gasteiger partial charge in [-0.25, -0.2) is 4.98 Å². The number of nitrogens with zero attached hydrogens (tertiary/aromatic N) is 1. The summed E-state index contributed by atoms with van der Waals surface area (Å²) in [7, 11) is 0. The smallest absolute Gasteiger partial charge is 0.254 e. The van der Waals surface area contributed by atoms with Crippen molar-refractivity contribution < 1.29 is 9.90 Å². The van der Waals surface area contributed by atoms with Crippen LogP contribution in [0.4, 0.5) is 0 Å². The largest absolute Gasteiger partial charge is 0.511 e. The SMILES string of the molecule is CCC(C)(C)C(O)=C(C(N)=O)c1ccc2ccccc2n1. The summed E-state index contributed by atoms with van der Waals surface area (Å²) in [6.45, 7) is 5.68. The third kappa shape index (κ3) is 2.89. The summed E-state index contributed by atoms with van der Waals surface area (Å²) < 4.78 is 0. The monoisotopic (exact) mass is 284 g/mol. The van der Waals surface area contributed by atoms with Gasteiger partial charge < -0.3 is 10.8 Å². The van der Waals surface area contributed by atoms with Crippen LogP contribution in [0.3, 0.4) is 0 Å². The summed E-state index contributed by atoms with van der Waals surface area (Å²) in [4.78, 5) is 16.3. The lowest BCUT2D eigenvalue weighted by Crippen LogP contribution is -2.22. The van der Waals surface area contributed by atoms with Crippen molar-refractivity contribution in [1.29, 1.82) is 0 Å². The van der Waals surface area contributed by atoms with Crippen molar-refractivity contribution in [2.45, 2.75) is 27.2 Å². The normalized spacial score (nSPS) is 13.1. The number of benzene rings is 1. The Morgan fingerprint density at radius 1 is 1.24 bits per heavy atom. The molecule has 0 saturated carbocycles. The molecule has 110 valence electrons. The molecule has 0 spiro atoms. The quantitative estimate of drug-likeness (QED) is 0.667. The molecule has 21 heavy (non-hydrogen) atoms. The first-order valence-electron chi connectivity index (χ1n) is 6.96. The lowest BCUT2D eigenvalue weighted by Gasteiger charge is -2.24. The first kappa shape index (κ1) is 15.0. The third-order valence-corrected chi connectivity index (χ3v) is 3.86. The Hall–Kier alpha value is -2.36. The third-order valence-electron chi connectivity index (χ3n) is 3.86. The average Bonchev–Trinajstić information content (AvgIpc) is 2.46. The highest BCUT2D eigenvalue weighted by atomic mass is 16.3. The number of fused-ring (bicyclic) bond motifs is 1. The number of rotatable bonds is 4. The minimum Gasteiger partial charge on any atom is -0.511 e. The molecule has 1 heterocycles. The van der Waals surface area contributed by atoms with Gasteiger partial charge in [0.05, 0.1) is 11.2 Å². The molecular formula is C17H20N2O2. The van der Waals surface area contributed by atoms with Gasteiger partial charge in [-0.15, -0.1) is 0 Å². The molecule has 0 fully saturated rings. The number of aromatic nitrogens is 1. The number of primary amides is 1. The molecule has 0 aliphatic rings. The Bertz CT molecular complexity index is 718. The van der Waals surface area contributed by atoms with Gasteiger partial charge in [-0.05, 0) is 18.6 Å². The van der Waals surface area contributed by atoms with Crippen LogP contribution in [0.25, 0.3) is 16.5 Å². The summed E-state index contributed by atoms with van der Waals surface area (Å²) in [5, 5.41) is 11.4. The first-order valence-corrected chi connectivity index (χ1v) is 6.96. The Labute approximate surface area is 124 Å². The lowest BCUT2D eigenvalue weighted by molar-refractivity contribution is -0.112. The second-order valence-corrected chi connectivity index (χ2v) is 5.71. The van der Waals surface area contributed by atoms with E-state index < -0.39 is 11.3 Å². The van der Waals surface area contributed by atoms with E-state index in [-0.39, 0.29) is 11.3 Å². The maximum absolute atomic E-state index is 11.8. The van der Waals surface area contributed by atoms with E-state index in [9.17, 15) is 9.90 Å². The van der Waals surface area contributed by atoms with Crippen LogP contribution in [0.2, 0.25) is 0 Å². The van der Waals surface area contributed by atoms with Gasteiger partial charge in [0.2, 0.25) is 0 Å². The van der Waals surface area contributed by atoms with Gasteiger partial charge in [0.25, 0.3) is 5.91 Å². The second-order valence-electron chi connectivity index (χ2n) is 5.71. The number of para-hydroxylation sites is 1. The molecule has 0 aliphatic carbocycles. The van der Waals surface area contributed by atoms with Crippen LogP contribution >= 0.6 is 0 Å². The number of allylic oxidation sites excluding steroid dienone is 1. The van der Waals surface area contributed by atoms with Crippen molar-refractivity contribution in [3.05, 3.63) is 47.9 Å². The summed E-state index contributed by atoms with van der Waals surface area (Å²) in [6, 6.07) is 11.2. The fourth-order valence-corrected chi connectivity index (χ4v) is 2.08. The van der Waals surface area contributed by atoms with Crippen molar-refractivity contribution >= 4 is 22.4 Å². The number of hydrogen-bond donors (Lipinski definition) is 2. The molecule has 0 unspecified atom stereocenters. The molecule has 4 nitrogen and oxygen atoms in total. The van der Waals surface area contributed by atoms with Crippen LogP contribution < -0.4 is 5.73 Å². The zero-order valence-electron chi connectivity index (χ0n) is 12.6. The van der Waals surface area contributed by atoms with Gasteiger partial charge in [-0.3, -0.25) is 4.79 Å². The van der Waals surface area contributed by atoms with Crippen LogP contribution in [0.15, 0.2) is 42.2 Å². The van der Waals surface area contributed by atoms with Crippen LogP contribution in [0.1, 0.15) is 32.9 Å². The maximum Gasteiger partial charge on any atom is 0.254 e. The first-order chi connectivity index (χ1) is 9.86. The highest BCUT2D eigenvalue weighted by Crippen LogP contribution is 2.33. The molecule has 1 aromatic carbocycles. The van der Waals surface area contributed by atoms with E-state index in [4.69, 9.17) is 5.73 Å². The zero-order chi connectivity index (χ0) is 15.6. The second kappa shape index (κ2) is 5.56. The molecule has 0 aliphatic heterocycles. The Kier molecular flexibility index (Phi) is 3.98.